The smallest absolute Gasteiger partial charge is 0.160 e. The lowest BCUT2D eigenvalue weighted by atomic mass is 9.58. The van der Waals surface area contributed by atoms with Crippen LogP contribution in [0.25, 0.3) is 0 Å². The van der Waals surface area contributed by atoms with E-state index in [2.05, 4.69) is 120 Å². The van der Waals surface area contributed by atoms with E-state index in [-0.39, 0.29) is 33.6 Å². The Kier molecular flexibility index (Phi) is 12.9. The number of rotatable bonds is 6. The Morgan fingerprint density at radius 1 is 0.440 bits per heavy atom. The van der Waals surface area contributed by atoms with Crippen LogP contribution in [-0.4, -0.2) is 47.9 Å². The second-order valence-electron chi connectivity index (χ2n) is 29.0. The lowest BCUT2D eigenvalue weighted by Crippen LogP contribution is -2.41. The Balaban J connectivity index is 0.000000118. The molecule has 15 rings (SSSR count). The fraction of sp³-hybridized carbons (Fsp3) is 0.452. The first kappa shape index (κ1) is 55.3. The molecule has 3 N–H and O–H groups in total. The molecule has 3 aromatic carbocycles. The van der Waals surface area contributed by atoms with Crippen LogP contribution in [0.15, 0.2) is 106 Å². The summed E-state index contributed by atoms with van der Waals surface area (Å²) in [5.41, 5.74) is 20.8. The minimum Gasteiger partial charge on any atom is -0.294 e. The number of H-pyrrole nitrogens is 3. The average molecular weight is 1110 g/mol. The van der Waals surface area contributed by atoms with Crippen molar-refractivity contribution in [3.8, 4) is 24.5 Å². The van der Waals surface area contributed by atoms with Crippen molar-refractivity contribution in [2.75, 3.05) is 0 Å². The summed E-state index contributed by atoms with van der Waals surface area (Å²) in [6, 6.07) is 28.3. The van der Waals surface area contributed by atoms with E-state index in [0.717, 1.165) is 106 Å². The number of nitrogens with zero attached hydrogens (tertiary/aromatic N) is 5. The van der Waals surface area contributed by atoms with Gasteiger partial charge < -0.3 is 0 Å². The van der Waals surface area contributed by atoms with E-state index in [0.29, 0.717) is 48.1 Å². The normalized spacial score (nSPS) is 25.9. The number of nitrogens with one attached hydrogen (secondary N) is 3. The van der Waals surface area contributed by atoms with Crippen molar-refractivity contribution in [1.82, 2.24) is 30.6 Å². The molecule has 9 aliphatic rings. The molecule has 11 heteroatoms. The highest BCUT2D eigenvalue weighted by molar-refractivity contribution is 6.03. The van der Waals surface area contributed by atoms with Crippen LogP contribution < -0.4 is 0 Å². The fourth-order valence-electron chi connectivity index (χ4n) is 16.5. The lowest BCUT2D eigenvalue weighted by Gasteiger charge is -2.44. The first-order chi connectivity index (χ1) is 40.0. The highest BCUT2D eigenvalue weighted by atomic mass is 16.1. The van der Waals surface area contributed by atoms with Crippen molar-refractivity contribution >= 4 is 17.3 Å². The number of ketones is 3. The number of carbonyl (C=O) groups is 3. The summed E-state index contributed by atoms with van der Waals surface area (Å²) in [6.07, 6.45) is 19.7. The van der Waals surface area contributed by atoms with Crippen LogP contribution in [-0.2, 0) is 49.9 Å². The zero-order chi connectivity index (χ0) is 59.0. The molecular weight excluding hydrogens is 1040 g/mol. The molecule has 0 radical (unpaired) electrons. The van der Waals surface area contributed by atoms with Gasteiger partial charge in [0.25, 0.3) is 0 Å². The summed E-state index contributed by atoms with van der Waals surface area (Å²) in [4.78, 5) is 40.4. The van der Waals surface area contributed by atoms with Gasteiger partial charge in [0.1, 0.15) is 0 Å². The van der Waals surface area contributed by atoms with Crippen LogP contribution in [0.3, 0.4) is 0 Å². The molecular formula is C73H76N8O3. The number of carbonyl (C=O) groups excluding carboxylic acids is 3. The molecule has 3 saturated carbocycles. The van der Waals surface area contributed by atoms with E-state index in [1.807, 2.05) is 48.5 Å². The second kappa shape index (κ2) is 19.6. The molecule has 1 unspecified atom stereocenters. The van der Waals surface area contributed by atoms with Gasteiger partial charge >= 0.3 is 0 Å². The van der Waals surface area contributed by atoms with Crippen molar-refractivity contribution < 1.29 is 14.4 Å². The van der Waals surface area contributed by atoms with Gasteiger partial charge in [0.2, 0.25) is 0 Å². The Labute approximate surface area is 494 Å². The van der Waals surface area contributed by atoms with Gasteiger partial charge in [-0.25, -0.2) is 0 Å². The standard InChI is InChI=1S/C25H26N2O.2C24H25N3O/c1-5-15-7-6-8-18(11-15)25(4)21-17(13-24(2,3)14-20(21)28)12-19-22(25)23(27-26-19)16-9-10-16;2*1-23(2)11-16-10-18-21(22(27-26-18)15-7-8-15)24(3,20(16)19(28)12-23)17-6-4-5-14(9-17)13-25/h1,6-8,11,16H,9-10,12-14H2,2-4H3,(H,26,27);2*4-6,9,15H,7-8,10-12H2,1-3H3,(H,26,27)/t25-;24-;/m10./s1. The Bertz CT molecular complexity index is 3640. The average Bonchev–Trinajstić information content (AvgIpc) is 1.43. The Hall–Kier alpha value is -7.94. The fourth-order valence-corrected chi connectivity index (χ4v) is 16.5. The molecule has 3 aromatic heterocycles. The first-order valence-corrected chi connectivity index (χ1v) is 30.6. The van der Waals surface area contributed by atoms with Crippen LogP contribution in [0.1, 0.15) is 241 Å². The molecule has 6 aromatic rings. The van der Waals surface area contributed by atoms with Gasteiger partial charge in [-0.1, -0.05) is 101 Å². The predicted octanol–water partition coefficient (Wildman–Crippen LogP) is 14.2. The van der Waals surface area contributed by atoms with E-state index in [1.54, 1.807) is 0 Å². The molecule has 3 atom stereocenters. The maximum absolute atomic E-state index is 13.5. The van der Waals surface area contributed by atoms with Crippen LogP contribution >= 0.6 is 0 Å². The van der Waals surface area contributed by atoms with E-state index < -0.39 is 16.2 Å². The quantitative estimate of drug-likeness (QED) is 0.138. The number of allylic oxidation sites excluding steroid dienone is 6. The van der Waals surface area contributed by atoms with E-state index in [1.165, 1.54) is 77.6 Å². The summed E-state index contributed by atoms with van der Waals surface area (Å²) in [5.74, 6) is 5.07. The minimum atomic E-state index is -0.547. The van der Waals surface area contributed by atoms with Gasteiger partial charge in [-0.15, -0.1) is 6.42 Å². The number of terminal acetylenes is 1. The Morgan fingerprint density at radius 3 is 1.00 bits per heavy atom. The number of Topliss-reactive ketones (excluding diaryl/α,β-unsaturated/α-hetero) is 3. The second-order valence-corrected chi connectivity index (χ2v) is 29.0. The molecule has 3 fully saturated rings. The van der Waals surface area contributed by atoms with Gasteiger partial charge in [-0.3, -0.25) is 29.7 Å². The molecule has 0 saturated heterocycles. The summed E-state index contributed by atoms with van der Waals surface area (Å²) in [5, 5.41) is 43.1. The van der Waals surface area contributed by atoms with E-state index in [9.17, 15) is 24.9 Å². The summed E-state index contributed by atoms with van der Waals surface area (Å²) in [6.45, 7) is 19.7. The van der Waals surface area contributed by atoms with Crippen molar-refractivity contribution in [3.05, 3.63) is 190 Å². The number of benzene rings is 3. The third-order valence-electron chi connectivity index (χ3n) is 20.3. The number of nitriles is 2. The molecule has 11 nitrogen and oxygen atoms in total. The molecule has 84 heavy (non-hydrogen) atoms. The van der Waals surface area contributed by atoms with Crippen LogP contribution in [0.2, 0.25) is 0 Å². The molecule has 3 heterocycles. The third-order valence-corrected chi connectivity index (χ3v) is 20.3. The summed E-state index contributed by atoms with van der Waals surface area (Å²) in [7, 11) is 0. The third kappa shape index (κ3) is 9.13. The van der Waals surface area contributed by atoms with Crippen LogP contribution in [0, 0.1) is 51.3 Å². The van der Waals surface area contributed by atoms with Crippen molar-refractivity contribution in [2.45, 2.75) is 193 Å². The number of aromatic amines is 3. The molecule has 0 aliphatic heterocycles. The van der Waals surface area contributed by atoms with Gasteiger partial charge in [0.15, 0.2) is 17.3 Å². The number of aromatic nitrogens is 6. The van der Waals surface area contributed by atoms with Gasteiger partial charge in [0.05, 0.1) is 40.3 Å². The Morgan fingerprint density at radius 2 is 0.726 bits per heavy atom. The zero-order valence-electron chi connectivity index (χ0n) is 50.3. The van der Waals surface area contributed by atoms with Crippen LogP contribution in [0.4, 0.5) is 0 Å². The lowest BCUT2D eigenvalue weighted by molar-refractivity contribution is -0.119. The zero-order valence-corrected chi connectivity index (χ0v) is 50.3. The SMILES string of the molecule is C#Cc1cccc([C@]2(C)C3=C(Cc4[nH]nc(C5CC5)c42)CC(C)(C)CC3=O)c1.CC1(C)CC(=O)C2=C(Cc3[nH]nc(C4CC4)c3C2(C)c2cccc(C#N)c2)C1.CC1(C)CC(=O)C2=C(Cc3[nH]nc(C4CC4)c3[C@@]2(C)c2cccc(C#N)c2)C1. The summed E-state index contributed by atoms with van der Waals surface area (Å²) < 4.78 is 0. The largest absolute Gasteiger partial charge is 0.294 e. The predicted molar refractivity (Wildman–Crippen MR) is 324 cm³/mol. The van der Waals surface area contributed by atoms with Gasteiger partial charge in [0, 0.05) is 129 Å². The topological polar surface area (TPSA) is 185 Å². The van der Waals surface area contributed by atoms with E-state index in [4.69, 9.17) is 21.7 Å². The van der Waals surface area contributed by atoms with E-state index >= 15 is 0 Å². The van der Waals surface area contributed by atoms with Crippen molar-refractivity contribution in [2.24, 2.45) is 16.2 Å². The highest BCUT2D eigenvalue weighted by Crippen LogP contribution is 2.59. The van der Waals surface area contributed by atoms with Gasteiger partial charge in [-0.05, 0) is 148 Å². The maximum Gasteiger partial charge on any atom is 0.160 e. The maximum atomic E-state index is 13.5. The number of fused-ring (bicyclic) bond motifs is 3. The highest BCUT2D eigenvalue weighted by Gasteiger charge is 2.54. The van der Waals surface area contributed by atoms with Crippen LogP contribution in [0.5, 0.6) is 0 Å². The number of hydrogen-bond donors (Lipinski definition) is 3. The minimum absolute atomic E-state index is 0.00827. The monoisotopic (exact) mass is 1110 g/mol. The van der Waals surface area contributed by atoms with Crippen molar-refractivity contribution in [1.29, 1.82) is 10.5 Å². The summed E-state index contributed by atoms with van der Waals surface area (Å²) >= 11 is 0. The number of hydrogen-bond acceptors (Lipinski definition) is 8. The van der Waals surface area contributed by atoms with Crippen molar-refractivity contribution in [3.63, 3.8) is 0 Å². The first-order valence-electron chi connectivity index (χ1n) is 30.6. The molecule has 0 bridgehead atoms. The molecule has 426 valence electrons. The molecule has 0 amide bonds. The molecule has 9 aliphatic carbocycles. The molecule has 0 spiro atoms. The van der Waals surface area contributed by atoms with Gasteiger partial charge in [-0.2, -0.15) is 25.8 Å².